The molecule has 0 fully saturated rings. The van der Waals surface area contributed by atoms with Gasteiger partial charge >= 0.3 is 0 Å². The molecule has 0 aliphatic heterocycles. The van der Waals surface area contributed by atoms with Gasteiger partial charge in [0.05, 0.1) is 6.04 Å². The first kappa shape index (κ1) is 15.1. The first-order valence-electron chi connectivity index (χ1n) is 8.02. The second kappa shape index (κ2) is 6.57. The molecule has 5 nitrogen and oxygen atoms in total. The van der Waals surface area contributed by atoms with Crippen LogP contribution in [0.15, 0.2) is 78.9 Å². The van der Waals surface area contributed by atoms with Gasteiger partial charge in [-0.15, -0.1) is 0 Å². The smallest absolute Gasteiger partial charge is 0.252 e. The highest BCUT2D eigenvalue weighted by Crippen LogP contribution is 2.22. The molecule has 4 rings (SSSR count). The molecule has 0 aliphatic carbocycles. The van der Waals surface area contributed by atoms with Crippen LogP contribution < -0.4 is 5.32 Å². The van der Waals surface area contributed by atoms with Gasteiger partial charge < -0.3 is 5.32 Å². The van der Waals surface area contributed by atoms with Gasteiger partial charge in [-0.1, -0.05) is 60.7 Å². The molecule has 122 valence electrons. The molecule has 0 saturated carbocycles. The fourth-order valence-electron chi connectivity index (χ4n) is 2.85. The van der Waals surface area contributed by atoms with Crippen molar-refractivity contribution in [3.05, 3.63) is 95.6 Å². The van der Waals surface area contributed by atoms with E-state index < -0.39 is 0 Å². The van der Waals surface area contributed by atoms with Crippen LogP contribution in [0.2, 0.25) is 0 Å². The van der Waals surface area contributed by atoms with E-state index >= 15 is 0 Å². The van der Waals surface area contributed by atoms with Crippen molar-refractivity contribution in [3.8, 4) is 0 Å². The fraction of sp³-hybridized carbons (Fsp3) is 0.0500. The Hall–Kier alpha value is -3.47. The standard InChI is InChI=1S/C20H16N4O/c25-20(16-11-12-17-18(13-16)23-24-22-17)21-19(14-7-3-1-4-8-14)15-9-5-2-6-10-15/h1-13,19H,(H,21,25)(H,22,23,24). The van der Waals surface area contributed by atoms with Gasteiger partial charge in [-0.25, -0.2) is 0 Å². The van der Waals surface area contributed by atoms with E-state index in [9.17, 15) is 4.79 Å². The number of H-pyrrole nitrogens is 1. The number of nitrogens with zero attached hydrogens (tertiary/aromatic N) is 2. The molecule has 0 atom stereocenters. The first-order valence-corrected chi connectivity index (χ1v) is 8.02. The monoisotopic (exact) mass is 328 g/mol. The lowest BCUT2D eigenvalue weighted by molar-refractivity contribution is 0.0943. The molecular weight excluding hydrogens is 312 g/mol. The van der Waals surface area contributed by atoms with Gasteiger partial charge in [0.25, 0.3) is 5.91 Å². The molecule has 0 spiro atoms. The Morgan fingerprint density at radius 3 is 2.04 bits per heavy atom. The van der Waals surface area contributed by atoms with Crippen LogP contribution in [-0.4, -0.2) is 21.3 Å². The quantitative estimate of drug-likeness (QED) is 0.602. The third-order valence-corrected chi connectivity index (χ3v) is 4.12. The second-order valence-corrected chi connectivity index (χ2v) is 5.75. The van der Waals surface area contributed by atoms with Gasteiger partial charge in [0.2, 0.25) is 0 Å². The normalized spacial score (nSPS) is 10.9. The van der Waals surface area contributed by atoms with E-state index in [4.69, 9.17) is 0 Å². The summed E-state index contributed by atoms with van der Waals surface area (Å²) in [6.07, 6.45) is 0. The molecule has 0 unspecified atom stereocenters. The van der Waals surface area contributed by atoms with Crippen LogP contribution >= 0.6 is 0 Å². The number of carbonyl (C=O) groups is 1. The van der Waals surface area contributed by atoms with E-state index in [2.05, 4.69) is 20.7 Å². The number of amides is 1. The molecule has 25 heavy (non-hydrogen) atoms. The molecule has 0 bridgehead atoms. The Morgan fingerprint density at radius 1 is 0.800 bits per heavy atom. The van der Waals surface area contributed by atoms with Gasteiger partial charge in [0.15, 0.2) is 0 Å². The summed E-state index contributed by atoms with van der Waals surface area (Å²) in [7, 11) is 0. The maximum Gasteiger partial charge on any atom is 0.252 e. The summed E-state index contributed by atoms with van der Waals surface area (Å²) in [4.78, 5) is 12.8. The lowest BCUT2D eigenvalue weighted by Gasteiger charge is -2.20. The Morgan fingerprint density at radius 2 is 1.40 bits per heavy atom. The third-order valence-electron chi connectivity index (χ3n) is 4.12. The Bertz CT molecular complexity index is 956. The molecular formula is C20H16N4O. The minimum atomic E-state index is -0.220. The first-order chi connectivity index (χ1) is 12.3. The predicted molar refractivity (Wildman–Crippen MR) is 96.1 cm³/mol. The number of fused-ring (bicyclic) bond motifs is 1. The number of hydrogen-bond donors (Lipinski definition) is 2. The summed E-state index contributed by atoms with van der Waals surface area (Å²) in [5.41, 5.74) is 4.02. The SMILES string of the molecule is O=C(NC(c1ccccc1)c1ccccc1)c1ccc2n[nH]nc2c1. The summed E-state index contributed by atoms with van der Waals surface area (Å²) < 4.78 is 0. The van der Waals surface area contributed by atoms with E-state index in [1.54, 1.807) is 18.2 Å². The zero-order chi connectivity index (χ0) is 17.1. The zero-order valence-corrected chi connectivity index (χ0v) is 13.4. The van der Waals surface area contributed by atoms with Crippen molar-refractivity contribution in [3.63, 3.8) is 0 Å². The number of aromatic amines is 1. The summed E-state index contributed by atoms with van der Waals surface area (Å²) in [5, 5.41) is 13.7. The van der Waals surface area contributed by atoms with Gasteiger partial charge in [-0.3, -0.25) is 4.79 Å². The van der Waals surface area contributed by atoms with Crippen molar-refractivity contribution in [1.29, 1.82) is 0 Å². The molecule has 1 heterocycles. The van der Waals surface area contributed by atoms with Gasteiger partial charge in [-0.05, 0) is 29.3 Å². The maximum atomic E-state index is 12.8. The molecule has 0 aliphatic rings. The van der Waals surface area contributed by atoms with Crippen molar-refractivity contribution in [2.24, 2.45) is 0 Å². The van der Waals surface area contributed by atoms with Crippen LogP contribution in [0.25, 0.3) is 11.0 Å². The van der Waals surface area contributed by atoms with Crippen molar-refractivity contribution in [2.45, 2.75) is 6.04 Å². The van der Waals surface area contributed by atoms with Crippen molar-refractivity contribution in [2.75, 3.05) is 0 Å². The van der Waals surface area contributed by atoms with E-state index in [-0.39, 0.29) is 11.9 Å². The number of aromatic nitrogens is 3. The minimum absolute atomic E-state index is 0.150. The number of nitrogens with one attached hydrogen (secondary N) is 2. The van der Waals surface area contributed by atoms with E-state index in [1.165, 1.54) is 0 Å². The number of carbonyl (C=O) groups excluding carboxylic acids is 1. The van der Waals surface area contributed by atoms with Crippen molar-refractivity contribution in [1.82, 2.24) is 20.7 Å². The summed E-state index contributed by atoms with van der Waals surface area (Å²) >= 11 is 0. The Kier molecular flexibility index (Phi) is 3.96. The van der Waals surface area contributed by atoms with Crippen molar-refractivity contribution >= 4 is 16.9 Å². The minimum Gasteiger partial charge on any atom is -0.341 e. The largest absolute Gasteiger partial charge is 0.341 e. The average molecular weight is 328 g/mol. The van der Waals surface area contributed by atoms with E-state index in [1.807, 2.05) is 60.7 Å². The van der Waals surface area contributed by atoms with Gasteiger partial charge in [-0.2, -0.15) is 15.4 Å². The topological polar surface area (TPSA) is 70.7 Å². The third kappa shape index (κ3) is 3.12. The highest BCUT2D eigenvalue weighted by atomic mass is 16.1. The Balaban J connectivity index is 1.67. The van der Waals surface area contributed by atoms with Crippen LogP contribution in [0, 0.1) is 0 Å². The lowest BCUT2D eigenvalue weighted by Crippen LogP contribution is -2.29. The van der Waals surface area contributed by atoms with Crippen LogP contribution in [0.3, 0.4) is 0 Å². The second-order valence-electron chi connectivity index (χ2n) is 5.75. The zero-order valence-electron chi connectivity index (χ0n) is 13.4. The summed E-state index contributed by atoms with van der Waals surface area (Å²) in [5.74, 6) is -0.150. The summed E-state index contributed by atoms with van der Waals surface area (Å²) in [6.45, 7) is 0. The summed E-state index contributed by atoms with van der Waals surface area (Å²) in [6, 6.07) is 24.9. The maximum absolute atomic E-state index is 12.8. The van der Waals surface area contributed by atoms with Crippen molar-refractivity contribution < 1.29 is 4.79 Å². The van der Waals surface area contributed by atoms with Gasteiger partial charge in [0, 0.05) is 5.56 Å². The van der Waals surface area contributed by atoms with Crippen LogP contribution in [0.5, 0.6) is 0 Å². The highest BCUT2D eigenvalue weighted by Gasteiger charge is 2.18. The number of hydrogen-bond acceptors (Lipinski definition) is 3. The van der Waals surface area contributed by atoms with Gasteiger partial charge in [0.1, 0.15) is 11.0 Å². The number of rotatable bonds is 4. The number of benzene rings is 3. The molecule has 1 amide bonds. The van der Waals surface area contributed by atoms with E-state index in [0.717, 1.165) is 16.6 Å². The molecule has 0 radical (unpaired) electrons. The molecule has 0 saturated heterocycles. The van der Waals surface area contributed by atoms with Crippen LogP contribution in [-0.2, 0) is 0 Å². The van der Waals surface area contributed by atoms with Crippen LogP contribution in [0.1, 0.15) is 27.5 Å². The average Bonchev–Trinajstić information content (AvgIpc) is 3.15. The lowest BCUT2D eigenvalue weighted by atomic mass is 9.98. The molecule has 4 aromatic rings. The predicted octanol–water partition coefficient (Wildman–Crippen LogP) is 3.48. The fourth-order valence-corrected chi connectivity index (χ4v) is 2.85. The van der Waals surface area contributed by atoms with E-state index in [0.29, 0.717) is 11.1 Å². The molecule has 2 N–H and O–H groups in total. The molecule has 1 aromatic heterocycles. The molecule has 3 aromatic carbocycles. The van der Waals surface area contributed by atoms with Crippen LogP contribution in [0.4, 0.5) is 0 Å². The Labute approximate surface area is 144 Å². The highest BCUT2D eigenvalue weighted by molar-refractivity contribution is 5.97. The molecule has 5 heteroatoms.